The average Bonchev–Trinajstić information content (AvgIpc) is 2.33. The van der Waals surface area contributed by atoms with E-state index in [0.717, 1.165) is 21.3 Å². The molecule has 1 aromatic carbocycles. The molecule has 1 aromatic heterocycles. The fraction of sp³-hybridized carbons (Fsp3) is 0.286. The Kier molecular flexibility index (Phi) is 4.03. The van der Waals surface area contributed by atoms with Crippen molar-refractivity contribution in [1.82, 2.24) is 9.97 Å². The normalized spacial score (nSPS) is 11.0. The third kappa shape index (κ3) is 2.57. The summed E-state index contributed by atoms with van der Waals surface area (Å²) in [5.74, 6) is 0.979. The van der Waals surface area contributed by atoms with Gasteiger partial charge in [0.2, 0.25) is 0 Å². The molecule has 0 aliphatic heterocycles. The van der Waals surface area contributed by atoms with Crippen molar-refractivity contribution in [2.75, 3.05) is 0 Å². The van der Waals surface area contributed by atoms with Crippen LogP contribution in [0.5, 0.6) is 0 Å². The van der Waals surface area contributed by atoms with Crippen molar-refractivity contribution >= 4 is 27.5 Å². The Morgan fingerprint density at radius 1 is 1.17 bits per heavy atom. The molecule has 0 fully saturated rings. The lowest BCUT2D eigenvalue weighted by molar-refractivity contribution is 0.809. The molecule has 0 amide bonds. The maximum Gasteiger partial charge on any atom is 0.161 e. The van der Waals surface area contributed by atoms with Gasteiger partial charge in [-0.05, 0) is 34.3 Å². The zero-order valence-electron chi connectivity index (χ0n) is 10.5. The van der Waals surface area contributed by atoms with Crippen LogP contribution in [0.1, 0.15) is 31.0 Å². The van der Waals surface area contributed by atoms with Gasteiger partial charge in [-0.1, -0.05) is 49.7 Å². The number of hydrogen-bond acceptors (Lipinski definition) is 2. The SMILES string of the molecule is Cc1ccccc1-c1nc(Cl)c(Br)c(C(C)C)n1. The van der Waals surface area contributed by atoms with Gasteiger partial charge in [0.05, 0.1) is 10.2 Å². The Labute approximate surface area is 121 Å². The Bertz CT molecular complexity index is 582. The largest absolute Gasteiger partial charge is 0.232 e. The average molecular weight is 326 g/mol. The molecule has 18 heavy (non-hydrogen) atoms. The highest BCUT2D eigenvalue weighted by Gasteiger charge is 2.15. The van der Waals surface area contributed by atoms with Gasteiger partial charge >= 0.3 is 0 Å². The molecule has 2 rings (SSSR count). The molecule has 0 N–H and O–H groups in total. The van der Waals surface area contributed by atoms with E-state index in [0.29, 0.717) is 16.9 Å². The molecule has 1 heterocycles. The van der Waals surface area contributed by atoms with E-state index in [9.17, 15) is 0 Å². The van der Waals surface area contributed by atoms with Crippen molar-refractivity contribution in [1.29, 1.82) is 0 Å². The molecule has 0 saturated heterocycles. The second-order valence-corrected chi connectivity index (χ2v) is 5.66. The maximum atomic E-state index is 6.17. The van der Waals surface area contributed by atoms with Gasteiger partial charge < -0.3 is 0 Å². The predicted molar refractivity (Wildman–Crippen MR) is 79.0 cm³/mol. The highest BCUT2D eigenvalue weighted by molar-refractivity contribution is 9.10. The zero-order chi connectivity index (χ0) is 13.3. The molecule has 2 nitrogen and oxygen atoms in total. The Morgan fingerprint density at radius 3 is 2.44 bits per heavy atom. The van der Waals surface area contributed by atoms with E-state index >= 15 is 0 Å². The number of hydrogen-bond donors (Lipinski definition) is 0. The van der Waals surface area contributed by atoms with Crippen LogP contribution in [0.15, 0.2) is 28.7 Å². The van der Waals surface area contributed by atoms with Crippen LogP contribution < -0.4 is 0 Å². The smallest absolute Gasteiger partial charge is 0.161 e. The lowest BCUT2D eigenvalue weighted by atomic mass is 10.1. The van der Waals surface area contributed by atoms with Crippen LogP contribution in [0.2, 0.25) is 5.15 Å². The standard InChI is InChI=1S/C14H14BrClN2/c1-8(2)12-11(15)13(16)18-14(17-12)10-7-5-4-6-9(10)3/h4-8H,1-3H3. The van der Waals surface area contributed by atoms with Gasteiger partial charge in [0.15, 0.2) is 5.82 Å². The van der Waals surface area contributed by atoms with Crippen LogP contribution in [0.3, 0.4) is 0 Å². The third-order valence-electron chi connectivity index (χ3n) is 2.77. The van der Waals surface area contributed by atoms with Crippen molar-refractivity contribution in [2.24, 2.45) is 0 Å². The quantitative estimate of drug-likeness (QED) is 0.727. The van der Waals surface area contributed by atoms with E-state index < -0.39 is 0 Å². The van der Waals surface area contributed by atoms with Crippen molar-refractivity contribution in [3.05, 3.63) is 45.1 Å². The predicted octanol–water partition coefficient (Wildman–Crippen LogP) is 4.99. The topological polar surface area (TPSA) is 25.8 Å². The molecule has 0 unspecified atom stereocenters. The van der Waals surface area contributed by atoms with Gasteiger partial charge in [-0.3, -0.25) is 0 Å². The van der Waals surface area contributed by atoms with Crippen molar-refractivity contribution in [2.45, 2.75) is 26.7 Å². The van der Waals surface area contributed by atoms with Gasteiger partial charge in [-0.15, -0.1) is 0 Å². The minimum atomic E-state index is 0.294. The van der Waals surface area contributed by atoms with Gasteiger partial charge in [0.1, 0.15) is 5.15 Å². The van der Waals surface area contributed by atoms with E-state index in [1.165, 1.54) is 0 Å². The number of halogens is 2. The van der Waals surface area contributed by atoms with E-state index in [1.807, 2.05) is 31.2 Å². The number of rotatable bonds is 2. The molecule has 0 aliphatic rings. The fourth-order valence-corrected chi connectivity index (χ4v) is 2.57. The molecule has 0 atom stereocenters. The lowest BCUT2D eigenvalue weighted by Crippen LogP contribution is -2.01. The molecular formula is C14H14BrClN2. The van der Waals surface area contributed by atoms with Crippen LogP contribution in [-0.4, -0.2) is 9.97 Å². The summed E-state index contributed by atoms with van der Waals surface area (Å²) in [5.41, 5.74) is 3.10. The first-order valence-electron chi connectivity index (χ1n) is 5.79. The van der Waals surface area contributed by atoms with Crippen LogP contribution in [-0.2, 0) is 0 Å². The molecule has 0 spiro atoms. The van der Waals surface area contributed by atoms with Gasteiger partial charge in [-0.25, -0.2) is 9.97 Å². The second kappa shape index (κ2) is 5.37. The molecule has 0 aliphatic carbocycles. The molecule has 4 heteroatoms. The molecule has 0 saturated carbocycles. The first-order chi connectivity index (χ1) is 8.50. The third-order valence-corrected chi connectivity index (χ3v) is 4.05. The number of aryl methyl sites for hydroxylation is 1. The Morgan fingerprint density at radius 2 is 1.83 bits per heavy atom. The summed E-state index contributed by atoms with van der Waals surface area (Å²) < 4.78 is 0.788. The van der Waals surface area contributed by atoms with E-state index in [2.05, 4.69) is 39.7 Å². The summed E-state index contributed by atoms with van der Waals surface area (Å²) >= 11 is 9.62. The summed E-state index contributed by atoms with van der Waals surface area (Å²) in [4.78, 5) is 8.98. The molecule has 0 bridgehead atoms. The Hall–Kier alpha value is -0.930. The van der Waals surface area contributed by atoms with Crippen LogP contribution >= 0.6 is 27.5 Å². The molecule has 2 aromatic rings. The number of aromatic nitrogens is 2. The Balaban J connectivity index is 2.63. The van der Waals surface area contributed by atoms with Crippen molar-refractivity contribution < 1.29 is 0 Å². The molecule has 0 radical (unpaired) electrons. The minimum absolute atomic E-state index is 0.294. The zero-order valence-corrected chi connectivity index (χ0v) is 12.9. The second-order valence-electron chi connectivity index (χ2n) is 4.51. The van der Waals surface area contributed by atoms with E-state index in [1.54, 1.807) is 0 Å². The highest BCUT2D eigenvalue weighted by Crippen LogP contribution is 2.31. The van der Waals surface area contributed by atoms with Gasteiger partial charge in [0.25, 0.3) is 0 Å². The monoisotopic (exact) mass is 324 g/mol. The van der Waals surface area contributed by atoms with Crippen LogP contribution in [0.4, 0.5) is 0 Å². The summed E-state index contributed by atoms with van der Waals surface area (Å²) in [6, 6.07) is 8.04. The number of benzene rings is 1. The first kappa shape index (κ1) is 13.5. The van der Waals surface area contributed by atoms with Gasteiger partial charge in [-0.2, -0.15) is 0 Å². The summed E-state index contributed by atoms with van der Waals surface area (Å²) in [6.07, 6.45) is 0. The fourth-order valence-electron chi connectivity index (χ4n) is 1.76. The molecular weight excluding hydrogens is 312 g/mol. The summed E-state index contributed by atoms with van der Waals surface area (Å²) in [6.45, 7) is 6.22. The first-order valence-corrected chi connectivity index (χ1v) is 6.96. The van der Waals surface area contributed by atoms with Crippen LogP contribution in [0, 0.1) is 6.92 Å². The maximum absolute atomic E-state index is 6.17. The lowest BCUT2D eigenvalue weighted by Gasteiger charge is -2.12. The van der Waals surface area contributed by atoms with Gasteiger partial charge in [0, 0.05) is 5.56 Å². The van der Waals surface area contributed by atoms with Crippen LogP contribution in [0.25, 0.3) is 11.4 Å². The van der Waals surface area contributed by atoms with E-state index in [4.69, 9.17) is 11.6 Å². The number of nitrogens with zero attached hydrogens (tertiary/aromatic N) is 2. The summed E-state index contributed by atoms with van der Waals surface area (Å²) in [7, 11) is 0. The van der Waals surface area contributed by atoms with Crippen molar-refractivity contribution in [3.63, 3.8) is 0 Å². The minimum Gasteiger partial charge on any atom is -0.232 e. The highest BCUT2D eigenvalue weighted by atomic mass is 79.9. The van der Waals surface area contributed by atoms with Crippen molar-refractivity contribution in [3.8, 4) is 11.4 Å². The van der Waals surface area contributed by atoms with E-state index in [-0.39, 0.29) is 0 Å². The molecule has 94 valence electrons. The summed E-state index contributed by atoms with van der Waals surface area (Å²) in [5, 5.41) is 0.465.